The van der Waals surface area contributed by atoms with Crippen molar-refractivity contribution in [3.8, 4) is 0 Å². The molecule has 1 amide bonds. The number of nitrogens with one attached hydrogen (secondary N) is 1. The highest BCUT2D eigenvalue weighted by molar-refractivity contribution is 5.89. The third kappa shape index (κ3) is 5.28. The average Bonchev–Trinajstić information content (AvgIpc) is 2.43. The summed E-state index contributed by atoms with van der Waals surface area (Å²) >= 11 is 0. The molecule has 1 atom stereocenters. The summed E-state index contributed by atoms with van der Waals surface area (Å²) in [6.45, 7) is 2.45. The maximum Gasteiger partial charge on any atom is 0.337 e. The van der Waals surface area contributed by atoms with Crippen molar-refractivity contribution in [3.63, 3.8) is 0 Å². The summed E-state index contributed by atoms with van der Waals surface area (Å²) in [5.41, 5.74) is 6.71. The minimum atomic E-state index is -0.390. The molecule has 0 saturated heterocycles. The topological polar surface area (TPSA) is 81.4 Å². The number of hydrogen-bond donors (Lipinski definition) is 2. The van der Waals surface area contributed by atoms with Crippen molar-refractivity contribution in [2.24, 2.45) is 11.7 Å². The maximum absolute atomic E-state index is 11.5. The van der Waals surface area contributed by atoms with E-state index in [2.05, 4.69) is 10.1 Å². The third-order valence-electron chi connectivity index (χ3n) is 2.62. The standard InChI is InChI=1S/C13H18N2O3.ClH/c1-9(7-14)12(16)15-8-10-4-3-5-11(6-10)13(17)18-2;/h3-6,9H,7-8,14H2,1-2H3,(H,15,16);1H. The Kier molecular flexibility index (Phi) is 7.79. The van der Waals surface area contributed by atoms with Crippen molar-refractivity contribution in [3.05, 3.63) is 35.4 Å². The maximum atomic E-state index is 11.5. The fourth-order valence-corrected chi connectivity index (χ4v) is 1.40. The van der Waals surface area contributed by atoms with Gasteiger partial charge in [0, 0.05) is 19.0 Å². The van der Waals surface area contributed by atoms with E-state index in [1.165, 1.54) is 7.11 Å². The van der Waals surface area contributed by atoms with Gasteiger partial charge in [-0.05, 0) is 17.7 Å². The number of benzene rings is 1. The molecule has 0 aliphatic carbocycles. The van der Waals surface area contributed by atoms with Crippen LogP contribution in [0.4, 0.5) is 0 Å². The Morgan fingerprint density at radius 3 is 2.68 bits per heavy atom. The lowest BCUT2D eigenvalue weighted by Crippen LogP contribution is -2.32. The summed E-state index contributed by atoms with van der Waals surface area (Å²) in [6, 6.07) is 6.94. The highest BCUT2D eigenvalue weighted by Crippen LogP contribution is 2.06. The van der Waals surface area contributed by atoms with E-state index >= 15 is 0 Å². The molecule has 0 aliphatic rings. The molecular weight excluding hydrogens is 268 g/mol. The minimum absolute atomic E-state index is 0. The highest BCUT2D eigenvalue weighted by Gasteiger charge is 2.10. The molecule has 0 fully saturated rings. The van der Waals surface area contributed by atoms with Crippen LogP contribution >= 0.6 is 12.4 Å². The molecule has 5 nitrogen and oxygen atoms in total. The van der Waals surface area contributed by atoms with Gasteiger partial charge in [-0.3, -0.25) is 4.79 Å². The number of rotatable bonds is 5. The summed E-state index contributed by atoms with van der Waals surface area (Å²) in [6.07, 6.45) is 0. The van der Waals surface area contributed by atoms with Gasteiger partial charge >= 0.3 is 5.97 Å². The normalized spacial score (nSPS) is 11.1. The molecule has 1 aromatic rings. The molecule has 106 valence electrons. The number of esters is 1. The number of carbonyl (C=O) groups excluding carboxylic acids is 2. The molecular formula is C13H19ClN2O3. The molecule has 0 aromatic heterocycles. The fraction of sp³-hybridized carbons (Fsp3) is 0.385. The molecule has 1 unspecified atom stereocenters. The van der Waals surface area contributed by atoms with Crippen molar-refractivity contribution in [2.75, 3.05) is 13.7 Å². The van der Waals surface area contributed by atoms with Crippen LogP contribution in [0.15, 0.2) is 24.3 Å². The van der Waals surface area contributed by atoms with Crippen LogP contribution in [0.5, 0.6) is 0 Å². The first kappa shape index (κ1) is 17.4. The zero-order valence-electron chi connectivity index (χ0n) is 11.0. The second-order valence-electron chi connectivity index (χ2n) is 4.05. The quantitative estimate of drug-likeness (QED) is 0.795. The molecule has 1 aromatic carbocycles. The van der Waals surface area contributed by atoms with Crippen LogP contribution in [0.2, 0.25) is 0 Å². The number of hydrogen-bond acceptors (Lipinski definition) is 4. The van der Waals surface area contributed by atoms with Crippen molar-refractivity contribution in [1.29, 1.82) is 0 Å². The van der Waals surface area contributed by atoms with Crippen molar-refractivity contribution < 1.29 is 14.3 Å². The molecule has 0 aliphatic heterocycles. The van der Waals surface area contributed by atoms with E-state index in [1.54, 1.807) is 25.1 Å². The van der Waals surface area contributed by atoms with Crippen molar-refractivity contribution >= 4 is 24.3 Å². The molecule has 0 saturated carbocycles. The first-order valence-corrected chi connectivity index (χ1v) is 5.73. The van der Waals surface area contributed by atoms with E-state index in [4.69, 9.17) is 5.73 Å². The Morgan fingerprint density at radius 1 is 1.42 bits per heavy atom. The molecule has 0 bridgehead atoms. The Hall–Kier alpha value is -1.59. The molecule has 0 radical (unpaired) electrons. The zero-order chi connectivity index (χ0) is 13.5. The van der Waals surface area contributed by atoms with Gasteiger partial charge in [-0.2, -0.15) is 0 Å². The van der Waals surface area contributed by atoms with Crippen molar-refractivity contribution in [1.82, 2.24) is 5.32 Å². The van der Waals surface area contributed by atoms with Crippen LogP contribution in [0.3, 0.4) is 0 Å². The van der Waals surface area contributed by atoms with Gasteiger partial charge in [-0.25, -0.2) is 4.79 Å². The Bertz CT molecular complexity index is 438. The van der Waals surface area contributed by atoms with Gasteiger partial charge in [0.05, 0.1) is 12.7 Å². The summed E-state index contributed by atoms with van der Waals surface area (Å²) in [5, 5.41) is 2.76. The lowest BCUT2D eigenvalue weighted by Gasteiger charge is -2.10. The van der Waals surface area contributed by atoms with Crippen LogP contribution in [-0.2, 0) is 16.1 Å². The van der Waals surface area contributed by atoms with E-state index < -0.39 is 5.97 Å². The molecule has 3 N–H and O–H groups in total. The first-order valence-electron chi connectivity index (χ1n) is 5.73. The summed E-state index contributed by atoms with van der Waals surface area (Å²) < 4.78 is 4.63. The lowest BCUT2D eigenvalue weighted by atomic mass is 10.1. The minimum Gasteiger partial charge on any atom is -0.465 e. The van der Waals surface area contributed by atoms with Crippen LogP contribution < -0.4 is 11.1 Å². The van der Waals surface area contributed by atoms with Crippen LogP contribution in [-0.4, -0.2) is 25.5 Å². The van der Waals surface area contributed by atoms with Crippen molar-refractivity contribution in [2.45, 2.75) is 13.5 Å². The highest BCUT2D eigenvalue weighted by atomic mass is 35.5. The average molecular weight is 287 g/mol. The van der Waals surface area contributed by atoms with Gasteiger partial charge in [0.1, 0.15) is 0 Å². The predicted molar refractivity (Wildman–Crippen MR) is 75.1 cm³/mol. The summed E-state index contributed by atoms with van der Waals surface area (Å²) in [5.74, 6) is -0.701. The monoisotopic (exact) mass is 286 g/mol. The number of carbonyl (C=O) groups is 2. The Morgan fingerprint density at radius 2 is 2.11 bits per heavy atom. The number of halogens is 1. The van der Waals surface area contributed by atoms with Crippen LogP contribution in [0, 0.1) is 5.92 Å². The van der Waals surface area contributed by atoms with E-state index in [0.29, 0.717) is 18.7 Å². The molecule has 19 heavy (non-hydrogen) atoms. The van der Waals surface area contributed by atoms with Gasteiger partial charge in [0.15, 0.2) is 0 Å². The van der Waals surface area contributed by atoms with Gasteiger partial charge in [-0.15, -0.1) is 12.4 Å². The lowest BCUT2D eigenvalue weighted by molar-refractivity contribution is -0.124. The fourth-order valence-electron chi connectivity index (χ4n) is 1.40. The number of methoxy groups -OCH3 is 1. The van der Waals surface area contributed by atoms with Gasteiger partial charge in [0.2, 0.25) is 5.91 Å². The van der Waals surface area contributed by atoms with Crippen LogP contribution in [0.25, 0.3) is 0 Å². The zero-order valence-corrected chi connectivity index (χ0v) is 11.8. The van der Waals surface area contributed by atoms with Gasteiger partial charge < -0.3 is 15.8 Å². The third-order valence-corrected chi connectivity index (χ3v) is 2.62. The van der Waals surface area contributed by atoms with E-state index in [0.717, 1.165) is 5.56 Å². The van der Waals surface area contributed by atoms with E-state index in [9.17, 15) is 9.59 Å². The predicted octanol–water partition coefficient (Wildman–Crippen LogP) is 1.11. The van der Waals surface area contributed by atoms with E-state index in [-0.39, 0.29) is 24.2 Å². The molecule has 0 heterocycles. The number of ether oxygens (including phenoxy) is 1. The Labute approximate surface area is 118 Å². The van der Waals surface area contributed by atoms with Gasteiger partial charge in [-0.1, -0.05) is 19.1 Å². The second kappa shape index (κ2) is 8.50. The smallest absolute Gasteiger partial charge is 0.337 e. The molecule has 1 rings (SSSR count). The summed E-state index contributed by atoms with van der Waals surface area (Å²) in [4.78, 5) is 22.9. The van der Waals surface area contributed by atoms with Gasteiger partial charge in [0.25, 0.3) is 0 Å². The molecule has 0 spiro atoms. The second-order valence-corrected chi connectivity index (χ2v) is 4.05. The molecule has 6 heteroatoms. The number of nitrogens with two attached hydrogens (primary N) is 1. The largest absolute Gasteiger partial charge is 0.465 e. The van der Waals surface area contributed by atoms with Crippen LogP contribution in [0.1, 0.15) is 22.8 Å². The summed E-state index contributed by atoms with van der Waals surface area (Å²) in [7, 11) is 1.33. The van der Waals surface area contributed by atoms with E-state index in [1.807, 2.05) is 6.07 Å². The SMILES string of the molecule is COC(=O)c1cccc(CNC(=O)C(C)CN)c1.Cl. The first-order chi connectivity index (χ1) is 8.58. The Balaban J connectivity index is 0.00000324. The number of amides is 1.